The van der Waals surface area contributed by atoms with E-state index in [1.807, 2.05) is 18.1 Å². The molecule has 1 amide bonds. The molecule has 21 heavy (non-hydrogen) atoms. The van der Waals surface area contributed by atoms with E-state index in [2.05, 4.69) is 16.8 Å². The number of carbonyl (C=O) groups excluding carboxylic acids is 1. The van der Waals surface area contributed by atoms with Gasteiger partial charge in [-0.15, -0.1) is 11.3 Å². The molecule has 0 unspecified atom stereocenters. The van der Waals surface area contributed by atoms with Crippen molar-refractivity contribution in [2.75, 3.05) is 43.1 Å². The third kappa shape index (κ3) is 4.11. The minimum Gasteiger partial charge on any atom is -0.345 e. The molecule has 0 radical (unpaired) electrons. The number of thiazole rings is 1. The number of aromatic nitrogens is 1. The standard InChI is InChI=1S/C14H24N4OS2/c1-10-11(2)21-14(16-10)18-7-5-17(6-8-18)13(19)12(15)4-9-20-3/h12H,4-9,15H2,1-3H3/t12-/m0/s1. The van der Waals surface area contributed by atoms with E-state index in [0.29, 0.717) is 0 Å². The predicted octanol–water partition coefficient (Wildman–Crippen LogP) is 1.49. The van der Waals surface area contributed by atoms with E-state index in [-0.39, 0.29) is 11.9 Å². The second-order valence-electron chi connectivity index (χ2n) is 5.34. The molecule has 118 valence electrons. The van der Waals surface area contributed by atoms with Crippen LogP contribution in [0.4, 0.5) is 5.13 Å². The van der Waals surface area contributed by atoms with Crippen molar-refractivity contribution in [3.63, 3.8) is 0 Å². The third-order valence-corrected chi connectivity index (χ3v) is 5.61. The molecular weight excluding hydrogens is 304 g/mol. The molecule has 7 heteroatoms. The van der Waals surface area contributed by atoms with Gasteiger partial charge in [-0.2, -0.15) is 11.8 Å². The highest BCUT2D eigenvalue weighted by atomic mass is 32.2. The van der Waals surface area contributed by atoms with Crippen LogP contribution in [0.3, 0.4) is 0 Å². The second-order valence-corrected chi connectivity index (χ2v) is 7.51. The zero-order valence-corrected chi connectivity index (χ0v) is 14.6. The van der Waals surface area contributed by atoms with Crippen molar-refractivity contribution in [1.29, 1.82) is 0 Å². The Morgan fingerprint density at radius 3 is 2.57 bits per heavy atom. The summed E-state index contributed by atoms with van der Waals surface area (Å²) in [4.78, 5) is 22.3. The van der Waals surface area contributed by atoms with E-state index in [1.165, 1.54) is 4.88 Å². The predicted molar refractivity (Wildman–Crippen MR) is 91.4 cm³/mol. The molecule has 5 nitrogen and oxygen atoms in total. The van der Waals surface area contributed by atoms with E-state index >= 15 is 0 Å². The van der Waals surface area contributed by atoms with Gasteiger partial charge in [-0.3, -0.25) is 4.79 Å². The summed E-state index contributed by atoms with van der Waals surface area (Å²) >= 11 is 3.46. The van der Waals surface area contributed by atoms with Gasteiger partial charge >= 0.3 is 0 Å². The number of anilines is 1. The fraction of sp³-hybridized carbons (Fsp3) is 0.714. The number of piperazine rings is 1. The number of hydrogen-bond donors (Lipinski definition) is 1. The third-order valence-electron chi connectivity index (χ3n) is 3.83. The highest BCUT2D eigenvalue weighted by molar-refractivity contribution is 7.98. The van der Waals surface area contributed by atoms with Gasteiger partial charge < -0.3 is 15.5 Å². The highest BCUT2D eigenvalue weighted by Gasteiger charge is 2.26. The first kappa shape index (κ1) is 16.6. The molecule has 1 aromatic heterocycles. The highest BCUT2D eigenvalue weighted by Crippen LogP contribution is 2.26. The normalized spacial score (nSPS) is 17.1. The summed E-state index contributed by atoms with van der Waals surface area (Å²) in [6.45, 7) is 7.30. The fourth-order valence-electron chi connectivity index (χ4n) is 2.31. The number of thioether (sulfide) groups is 1. The maximum atomic E-state index is 12.3. The molecule has 1 fully saturated rings. The monoisotopic (exact) mass is 328 g/mol. The first-order valence-corrected chi connectivity index (χ1v) is 9.46. The number of nitrogens with two attached hydrogens (primary N) is 1. The van der Waals surface area contributed by atoms with Crippen LogP contribution in [0.1, 0.15) is 17.0 Å². The summed E-state index contributed by atoms with van der Waals surface area (Å²) in [5, 5.41) is 1.07. The average Bonchev–Trinajstić information content (AvgIpc) is 2.83. The maximum absolute atomic E-state index is 12.3. The van der Waals surface area contributed by atoms with Crippen LogP contribution in [0, 0.1) is 13.8 Å². The number of carbonyl (C=O) groups is 1. The molecule has 0 aliphatic carbocycles. The largest absolute Gasteiger partial charge is 0.345 e. The van der Waals surface area contributed by atoms with Gasteiger partial charge in [0, 0.05) is 31.1 Å². The van der Waals surface area contributed by atoms with Gasteiger partial charge in [0.15, 0.2) is 5.13 Å². The smallest absolute Gasteiger partial charge is 0.239 e. The molecule has 1 saturated heterocycles. The van der Waals surface area contributed by atoms with Crippen LogP contribution in [0.15, 0.2) is 0 Å². The van der Waals surface area contributed by atoms with E-state index in [0.717, 1.165) is 49.2 Å². The molecule has 0 spiro atoms. The first-order chi connectivity index (χ1) is 10.0. The molecule has 2 heterocycles. The zero-order valence-electron chi connectivity index (χ0n) is 13.0. The molecule has 1 aromatic rings. The van der Waals surface area contributed by atoms with Crippen molar-refractivity contribution in [3.8, 4) is 0 Å². The van der Waals surface area contributed by atoms with Crippen LogP contribution in [0.25, 0.3) is 0 Å². The summed E-state index contributed by atoms with van der Waals surface area (Å²) in [7, 11) is 0. The maximum Gasteiger partial charge on any atom is 0.239 e. The summed E-state index contributed by atoms with van der Waals surface area (Å²) in [5.74, 6) is 1.03. The van der Waals surface area contributed by atoms with Crippen molar-refractivity contribution in [2.24, 2.45) is 5.73 Å². The lowest BCUT2D eigenvalue weighted by Gasteiger charge is -2.35. The Morgan fingerprint density at radius 1 is 1.38 bits per heavy atom. The Bertz CT molecular complexity index is 464. The number of hydrogen-bond acceptors (Lipinski definition) is 6. The summed E-state index contributed by atoms with van der Waals surface area (Å²) in [6, 6.07) is -0.353. The van der Waals surface area contributed by atoms with Crippen LogP contribution in [0.2, 0.25) is 0 Å². The van der Waals surface area contributed by atoms with Gasteiger partial charge in [-0.05, 0) is 32.3 Å². The van der Waals surface area contributed by atoms with Gasteiger partial charge in [0.1, 0.15) is 0 Å². The van der Waals surface area contributed by atoms with Gasteiger partial charge in [0.25, 0.3) is 0 Å². The molecule has 0 saturated carbocycles. The topological polar surface area (TPSA) is 62.5 Å². The Labute approximate surface area is 134 Å². The van der Waals surface area contributed by atoms with Gasteiger partial charge in [0.2, 0.25) is 5.91 Å². The number of aryl methyl sites for hydroxylation is 2. The molecule has 2 N–H and O–H groups in total. The first-order valence-electron chi connectivity index (χ1n) is 7.25. The Hall–Kier alpha value is -0.790. The van der Waals surface area contributed by atoms with Gasteiger partial charge in [-0.1, -0.05) is 0 Å². The lowest BCUT2D eigenvalue weighted by atomic mass is 10.2. The number of nitrogens with zero attached hydrogens (tertiary/aromatic N) is 3. The molecule has 1 aliphatic heterocycles. The van der Waals surface area contributed by atoms with Crippen LogP contribution in [-0.2, 0) is 4.79 Å². The molecule has 1 aliphatic rings. The number of amides is 1. The summed E-state index contributed by atoms with van der Waals surface area (Å²) in [6.07, 6.45) is 2.79. The van der Waals surface area contributed by atoms with Crippen LogP contribution in [0.5, 0.6) is 0 Å². The second kappa shape index (κ2) is 7.47. The van der Waals surface area contributed by atoms with Crippen molar-refractivity contribution >= 4 is 34.1 Å². The summed E-state index contributed by atoms with van der Waals surface area (Å²) in [5.41, 5.74) is 7.08. The quantitative estimate of drug-likeness (QED) is 0.887. The Kier molecular flexibility index (Phi) is 5.89. The van der Waals surface area contributed by atoms with Crippen LogP contribution in [-0.4, -0.2) is 60.0 Å². The molecule has 0 aromatic carbocycles. The Balaban J connectivity index is 1.86. The van der Waals surface area contributed by atoms with Crippen LogP contribution >= 0.6 is 23.1 Å². The molecular formula is C14H24N4OS2. The summed E-state index contributed by atoms with van der Waals surface area (Å²) < 4.78 is 0. The lowest BCUT2D eigenvalue weighted by molar-refractivity contribution is -0.132. The van der Waals surface area contributed by atoms with E-state index in [4.69, 9.17) is 5.73 Å². The lowest BCUT2D eigenvalue weighted by Crippen LogP contribution is -2.53. The SMILES string of the molecule is CSCC[C@H](N)C(=O)N1CCN(c2nc(C)c(C)s2)CC1. The van der Waals surface area contributed by atoms with E-state index < -0.39 is 0 Å². The van der Waals surface area contributed by atoms with E-state index in [1.54, 1.807) is 23.1 Å². The van der Waals surface area contributed by atoms with Crippen molar-refractivity contribution in [3.05, 3.63) is 10.6 Å². The number of rotatable bonds is 5. The van der Waals surface area contributed by atoms with Gasteiger partial charge in [-0.25, -0.2) is 4.98 Å². The van der Waals surface area contributed by atoms with Crippen molar-refractivity contribution in [1.82, 2.24) is 9.88 Å². The van der Waals surface area contributed by atoms with Crippen LogP contribution < -0.4 is 10.6 Å². The average molecular weight is 329 g/mol. The fourth-order valence-corrected chi connectivity index (χ4v) is 3.76. The minimum atomic E-state index is -0.353. The molecule has 0 bridgehead atoms. The van der Waals surface area contributed by atoms with Crippen molar-refractivity contribution < 1.29 is 4.79 Å². The minimum absolute atomic E-state index is 0.0928. The molecule has 1 atom stereocenters. The van der Waals surface area contributed by atoms with Gasteiger partial charge in [0.05, 0.1) is 11.7 Å². The Morgan fingerprint density at radius 2 is 2.05 bits per heavy atom. The zero-order chi connectivity index (χ0) is 15.4. The van der Waals surface area contributed by atoms with Crippen molar-refractivity contribution in [2.45, 2.75) is 26.3 Å². The molecule has 2 rings (SSSR count). The van der Waals surface area contributed by atoms with E-state index in [9.17, 15) is 4.79 Å².